The van der Waals surface area contributed by atoms with Crippen molar-refractivity contribution in [2.75, 3.05) is 0 Å². The second-order valence-corrected chi connectivity index (χ2v) is 3.06. The standard InChI is InChI=1S/C11H17/c1-2-3-5-8-11-9-6-4-7-10-11/h4-6,8H,2-3,7,9-10H2,1H3/b8-5+. The van der Waals surface area contributed by atoms with Crippen LogP contribution in [0.2, 0.25) is 0 Å². The third-order valence-electron chi connectivity index (χ3n) is 1.99. The van der Waals surface area contributed by atoms with Crippen LogP contribution in [0.4, 0.5) is 0 Å². The lowest BCUT2D eigenvalue weighted by molar-refractivity contribution is 0.811. The maximum atomic E-state index is 2.31. The first kappa shape index (κ1) is 8.58. The fraction of sp³-hybridized carbons (Fsp3) is 0.545. The van der Waals surface area contributed by atoms with Crippen LogP contribution in [0.25, 0.3) is 0 Å². The fourth-order valence-corrected chi connectivity index (χ4v) is 1.29. The summed E-state index contributed by atoms with van der Waals surface area (Å²) in [6.45, 7) is 2.22. The van der Waals surface area contributed by atoms with Crippen molar-refractivity contribution in [3.05, 3.63) is 30.2 Å². The number of rotatable bonds is 3. The predicted octanol–water partition coefficient (Wildman–Crippen LogP) is 3.66. The van der Waals surface area contributed by atoms with E-state index in [9.17, 15) is 0 Å². The summed E-state index contributed by atoms with van der Waals surface area (Å²) in [5.74, 6) is 1.60. The number of allylic oxidation sites excluding steroid dienone is 4. The molecule has 0 nitrogen and oxygen atoms in total. The summed E-state index contributed by atoms with van der Waals surface area (Å²) in [6.07, 6.45) is 15.4. The topological polar surface area (TPSA) is 0 Å². The van der Waals surface area contributed by atoms with E-state index in [1.807, 2.05) is 0 Å². The Morgan fingerprint density at radius 2 is 2.36 bits per heavy atom. The third-order valence-corrected chi connectivity index (χ3v) is 1.99. The Morgan fingerprint density at radius 1 is 1.45 bits per heavy atom. The molecular formula is C11H17. The summed E-state index contributed by atoms with van der Waals surface area (Å²) in [5, 5.41) is 0. The van der Waals surface area contributed by atoms with Gasteiger partial charge in [0.05, 0.1) is 0 Å². The van der Waals surface area contributed by atoms with Gasteiger partial charge in [0.15, 0.2) is 0 Å². The maximum Gasteiger partial charge on any atom is 0.00131 e. The molecule has 0 aromatic carbocycles. The van der Waals surface area contributed by atoms with Gasteiger partial charge in [-0.3, -0.25) is 0 Å². The van der Waals surface area contributed by atoms with Crippen LogP contribution in [0.5, 0.6) is 0 Å². The molecule has 0 aromatic heterocycles. The van der Waals surface area contributed by atoms with Crippen LogP contribution in [-0.2, 0) is 0 Å². The Kier molecular flexibility index (Phi) is 4.03. The zero-order valence-electron chi connectivity index (χ0n) is 7.34. The summed E-state index contributed by atoms with van der Waals surface area (Å²) in [4.78, 5) is 0. The minimum absolute atomic E-state index is 1.18. The van der Waals surface area contributed by atoms with Gasteiger partial charge in [0.2, 0.25) is 0 Å². The highest BCUT2D eigenvalue weighted by atomic mass is 14.1. The molecule has 61 valence electrons. The molecule has 0 saturated heterocycles. The summed E-state index contributed by atoms with van der Waals surface area (Å²) >= 11 is 0. The zero-order chi connectivity index (χ0) is 7.94. The molecule has 1 rings (SSSR count). The lowest BCUT2D eigenvalue weighted by atomic mass is 9.94. The molecule has 0 N–H and O–H groups in total. The van der Waals surface area contributed by atoms with E-state index in [0.717, 1.165) is 0 Å². The Bertz CT molecular complexity index is 142. The molecule has 0 heterocycles. The highest BCUT2D eigenvalue weighted by Crippen LogP contribution is 2.21. The molecule has 0 unspecified atom stereocenters. The molecule has 0 atom stereocenters. The van der Waals surface area contributed by atoms with Crippen molar-refractivity contribution in [3.8, 4) is 0 Å². The van der Waals surface area contributed by atoms with Gasteiger partial charge in [0.1, 0.15) is 0 Å². The van der Waals surface area contributed by atoms with E-state index >= 15 is 0 Å². The van der Waals surface area contributed by atoms with E-state index < -0.39 is 0 Å². The van der Waals surface area contributed by atoms with E-state index in [1.54, 1.807) is 5.92 Å². The molecule has 1 radical (unpaired) electrons. The lowest BCUT2D eigenvalue weighted by Gasteiger charge is -2.11. The highest BCUT2D eigenvalue weighted by molar-refractivity contribution is 5.16. The normalized spacial score (nSPS) is 19.7. The quantitative estimate of drug-likeness (QED) is 0.537. The first-order valence-corrected chi connectivity index (χ1v) is 4.59. The minimum Gasteiger partial charge on any atom is -0.0885 e. The molecule has 0 saturated carbocycles. The van der Waals surface area contributed by atoms with Gasteiger partial charge in [0, 0.05) is 5.92 Å². The van der Waals surface area contributed by atoms with Gasteiger partial charge in [-0.25, -0.2) is 0 Å². The third kappa shape index (κ3) is 3.41. The van der Waals surface area contributed by atoms with Gasteiger partial charge in [-0.15, -0.1) is 0 Å². The molecular weight excluding hydrogens is 132 g/mol. The van der Waals surface area contributed by atoms with Crippen molar-refractivity contribution < 1.29 is 0 Å². The van der Waals surface area contributed by atoms with Crippen molar-refractivity contribution in [1.29, 1.82) is 0 Å². The Balaban J connectivity index is 2.20. The molecule has 0 amide bonds. The largest absolute Gasteiger partial charge is 0.0885 e. The Morgan fingerprint density at radius 3 is 3.00 bits per heavy atom. The van der Waals surface area contributed by atoms with Gasteiger partial charge in [0.25, 0.3) is 0 Å². The van der Waals surface area contributed by atoms with Crippen LogP contribution in [0.15, 0.2) is 24.3 Å². The maximum absolute atomic E-state index is 2.31. The summed E-state index contributed by atoms with van der Waals surface area (Å²) < 4.78 is 0. The van der Waals surface area contributed by atoms with E-state index in [4.69, 9.17) is 0 Å². The Labute approximate surface area is 70.0 Å². The molecule has 0 aliphatic heterocycles. The van der Waals surface area contributed by atoms with Crippen molar-refractivity contribution in [3.63, 3.8) is 0 Å². The summed E-state index contributed by atoms with van der Waals surface area (Å²) in [6, 6.07) is 0. The second kappa shape index (κ2) is 5.17. The van der Waals surface area contributed by atoms with Gasteiger partial charge in [-0.05, 0) is 25.7 Å². The fourth-order valence-electron chi connectivity index (χ4n) is 1.29. The lowest BCUT2D eigenvalue weighted by Crippen LogP contribution is -1.95. The number of hydrogen-bond acceptors (Lipinski definition) is 0. The van der Waals surface area contributed by atoms with Gasteiger partial charge in [-0.2, -0.15) is 0 Å². The number of unbranched alkanes of at least 4 members (excludes halogenated alkanes) is 1. The van der Waals surface area contributed by atoms with Crippen LogP contribution in [0.3, 0.4) is 0 Å². The average Bonchev–Trinajstić information content (AvgIpc) is 2.07. The minimum atomic E-state index is 1.18. The average molecular weight is 149 g/mol. The van der Waals surface area contributed by atoms with E-state index in [-0.39, 0.29) is 0 Å². The first-order valence-electron chi connectivity index (χ1n) is 4.59. The molecule has 1 aliphatic rings. The monoisotopic (exact) mass is 149 g/mol. The van der Waals surface area contributed by atoms with Crippen LogP contribution in [-0.4, -0.2) is 0 Å². The van der Waals surface area contributed by atoms with E-state index in [1.165, 1.54) is 32.1 Å². The van der Waals surface area contributed by atoms with Crippen molar-refractivity contribution in [2.45, 2.75) is 39.0 Å². The van der Waals surface area contributed by atoms with Crippen LogP contribution in [0.1, 0.15) is 39.0 Å². The van der Waals surface area contributed by atoms with Gasteiger partial charge >= 0.3 is 0 Å². The van der Waals surface area contributed by atoms with Crippen molar-refractivity contribution in [2.24, 2.45) is 0 Å². The molecule has 0 bridgehead atoms. The second-order valence-electron chi connectivity index (χ2n) is 3.06. The molecule has 0 spiro atoms. The Hall–Kier alpha value is -0.520. The molecule has 11 heavy (non-hydrogen) atoms. The van der Waals surface area contributed by atoms with Crippen LogP contribution < -0.4 is 0 Å². The van der Waals surface area contributed by atoms with Crippen LogP contribution in [0, 0.1) is 5.92 Å². The SMILES string of the molecule is CCC/C=C/[C]1CC=CCC1. The highest BCUT2D eigenvalue weighted by Gasteiger charge is 2.04. The number of hydrogen-bond donors (Lipinski definition) is 0. The summed E-state index contributed by atoms with van der Waals surface area (Å²) in [7, 11) is 0. The predicted molar refractivity (Wildman–Crippen MR) is 50.3 cm³/mol. The van der Waals surface area contributed by atoms with E-state index in [0.29, 0.717) is 0 Å². The van der Waals surface area contributed by atoms with Gasteiger partial charge < -0.3 is 0 Å². The summed E-state index contributed by atoms with van der Waals surface area (Å²) in [5.41, 5.74) is 0. The van der Waals surface area contributed by atoms with Gasteiger partial charge in [-0.1, -0.05) is 37.6 Å². The van der Waals surface area contributed by atoms with Crippen LogP contribution >= 0.6 is 0 Å². The van der Waals surface area contributed by atoms with Crippen molar-refractivity contribution in [1.82, 2.24) is 0 Å². The molecule has 1 aliphatic carbocycles. The molecule has 0 aromatic rings. The van der Waals surface area contributed by atoms with Crippen molar-refractivity contribution >= 4 is 0 Å². The smallest absolute Gasteiger partial charge is 0.00131 e. The molecule has 0 heteroatoms. The molecule has 0 fully saturated rings. The van der Waals surface area contributed by atoms with E-state index in [2.05, 4.69) is 31.2 Å². The first-order chi connectivity index (χ1) is 5.43. The zero-order valence-corrected chi connectivity index (χ0v) is 7.34.